The Morgan fingerprint density at radius 2 is 1.74 bits per heavy atom. The number of likely N-dealkylation sites (tertiary alicyclic amines) is 1. The number of amides is 1. The molecule has 3 rings (SSSR count). The zero-order valence-corrected chi connectivity index (χ0v) is 19.3. The third kappa shape index (κ3) is 4.31. The van der Waals surface area contributed by atoms with Gasteiger partial charge in [-0.05, 0) is 55.5 Å². The molecule has 0 radical (unpaired) electrons. The molecule has 1 aliphatic heterocycles. The Morgan fingerprint density at radius 1 is 1.13 bits per heavy atom. The quantitative estimate of drug-likeness (QED) is 0.740. The Kier molecular flexibility index (Phi) is 5.90. The number of carbonyl (C=O) groups is 1. The van der Waals surface area contributed by atoms with Gasteiger partial charge in [0.25, 0.3) is 0 Å². The average Bonchev–Trinajstić information content (AvgIpc) is 2.69. The molecule has 1 fully saturated rings. The predicted octanol–water partition coefficient (Wildman–Crippen LogP) is 5.17. The molecule has 0 unspecified atom stereocenters. The molecule has 2 aromatic rings. The molecule has 31 heavy (non-hydrogen) atoms. The standard InChI is InChI=1S/C26H32N2O3/c1-18(2)20-10-12-21(13-11-20)26(30,22-9-7-8-19(14-22)15-27)25(6)16-28(17-25)23(29)31-24(3,4)5/h7-14,18,30H,16-17H2,1-6H3/t26-/m0/s1. The summed E-state index contributed by atoms with van der Waals surface area (Å²) in [7, 11) is 0. The highest BCUT2D eigenvalue weighted by Crippen LogP contribution is 2.51. The topological polar surface area (TPSA) is 73.6 Å². The highest BCUT2D eigenvalue weighted by Gasteiger charge is 2.58. The molecule has 1 saturated heterocycles. The summed E-state index contributed by atoms with van der Waals surface area (Å²) < 4.78 is 5.50. The summed E-state index contributed by atoms with van der Waals surface area (Å²) in [6, 6.07) is 17.2. The summed E-state index contributed by atoms with van der Waals surface area (Å²) in [4.78, 5) is 14.1. The minimum absolute atomic E-state index is 0.348. The summed E-state index contributed by atoms with van der Waals surface area (Å²) in [5, 5.41) is 21.6. The highest BCUT2D eigenvalue weighted by molar-refractivity contribution is 5.70. The van der Waals surface area contributed by atoms with E-state index in [1.54, 1.807) is 23.1 Å². The van der Waals surface area contributed by atoms with E-state index in [4.69, 9.17) is 4.74 Å². The second kappa shape index (κ2) is 8.01. The van der Waals surface area contributed by atoms with Gasteiger partial charge < -0.3 is 14.7 Å². The molecule has 1 atom stereocenters. The highest BCUT2D eigenvalue weighted by atomic mass is 16.6. The Hall–Kier alpha value is -2.84. The van der Waals surface area contributed by atoms with Crippen molar-refractivity contribution in [3.05, 3.63) is 70.8 Å². The zero-order chi connectivity index (χ0) is 23.0. The number of benzene rings is 2. The van der Waals surface area contributed by atoms with E-state index in [1.165, 1.54) is 5.56 Å². The summed E-state index contributed by atoms with van der Waals surface area (Å²) in [5.74, 6) is 0.381. The molecule has 164 valence electrons. The van der Waals surface area contributed by atoms with Gasteiger partial charge in [0.15, 0.2) is 0 Å². The Morgan fingerprint density at radius 3 is 2.26 bits per heavy atom. The summed E-state index contributed by atoms with van der Waals surface area (Å²) >= 11 is 0. The summed E-state index contributed by atoms with van der Waals surface area (Å²) in [5.41, 5.74) is 0.486. The first-order valence-electron chi connectivity index (χ1n) is 10.7. The maximum Gasteiger partial charge on any atom is 0.410 e. The van der Waals surface area contributed by atoms with Crippen molar-refractivity contribution in [2.45, 2.75) is 58.7 Å². The molecule has 0 saturated carbocycles. The molecular formula is C26H32N2O3. The lowest BCUT2D eigenvalue weighted by atomic mass is 9.61. The van der Waals surface area contributed by atoms with Crippen LogP contribution in [0.3, 0.4) is 0 Å². The normalized spacial score (nSPS) is 17.5. The number of rotatable bonds is 4. The number of ether oxygens (including phenoxy) is 1. The van der Waals surface area contributed by atoms with E-state index in [0.717, 1.165) is 5.56 Å². The molecule has 5 heteroatoms. The molecule has 1 heterocycles. The largest absolute Gasteiger partial charge is 0.444 e. The third-order valence-electron chi connectivity index (χ3n) is 6.01. The molecule has 0 aromatic heterocycles. The maximum atomic E-state index is 12.5. The van der Waals surface area contributed by atoms with Gasteiger partial charge in [0.1, 0.15) is 11.2 Å². The molecule has 5 nitrogen and oxygen atoms in total. The number of carbonyl (C=O) groups excluding carboxylic acids is 1. The van der Waals surface area contributed by atoms with Crippen LogP contribution in [-0.2, 0) is 10.3 Å². The smallest absolute Gasteiger partial charge is 0.410 e. The molecule has 0 bridgehead atoms. The second-order valence-corrected chi connectivity index (χ2v) is 10.1. The first kappa shape index (κ1) is 22.8. The maximum absolute atomic E-state index is 12.5. The lowest BCUT2D eigenvalue weighted by molar-refractivity contribution is -0.131. The zero-order valence-electron chi connectivity index (χ0n) is 19.3. The average molecular weight is 421 g/mol. The molecular weight excluding hydrogens is 388 g/mol. The minimum Gasteiger partial charge on any atom is -0.444 e. The summed E-state index contributed by atoms with van der Waals surface area (Å²) in [6.45, 7) is 12.4. The van der Waals surface area contributed by atoms with E-state index >= 15 is 0 Å². The second-order valence-electron chi connectivity index (χ2n) is 10.1. The van der Waals surface area contributed by atoms with Gasteiger partial charge in [-0.15, -0.1) is 0 Å². The van der Waals surface area contributed by atoms with Crippen molar-refractivity contribution in [1.29, 1.82) is 5.26 Å². The van der Waals surface area contributed by atoms with Gasteiger partial charge >= 0.3 is 6.09 Å². The number of aliphatic hydroxyl groups is 1. The Bertz CT molecular complexity index is 993. The molecule has 1 N–H and O–H groups in total. The first-order chi connectivity index (χ1) is 14.4. The van der Waals surface area contributed by atoms with Crippen molar-refractivity contribution in [2.75, 3.05) is 13.1 Å². The van der Waals surface area contributed by atoms with Crippen LogP contribution < -0.4 is 0 Å². The number of nitrogens with zero attached hydrogens (tertiary/aromatic N) is 2. The molecule has 0 aliphatic carbocycles. The molecule has 0 spiro atoms. The van der Waals surface area contributed by atoms with E-state index in [1.807, 2.05) is 58.0 Å². The van der Waals surface area contributed by atoms with Crippen LogP contribution >= 0.6 is 0 Å². The van der Waals surface area contributed by atoms with Crippen molar-refractivity contribution in [2.24, 2.45) is 5.41 Å². The molecule has 2 aromatic carbocycles. The van der Waals surface area contributed by atoms with Crippen LogP contribution in [0.5, 0.6) is 0 Å². The van der Waals surface area contributed by atoms with Gasteiger partial charge in [-0.25, -0.2) is 4.79 Å². The Balaban J connectivity index is 2.01. The van der Waals surface area contributed by atoms with Crippen molar-refractivity contribution in [3.8, 4) is 6.07 Å². The van der Waals surface area contributed by atoms with E-state index in [-0.39, 0.29) is 6.09 Å². The third-order valence-corrected chi connectivity index (χ3v) is 6.01. The van der Waals surface area contributed by atoms with Gasteiger partial charge in [0.05, 0.1) is 11.6 Å². The number of hydrogen-bond donors (Lipinski definition) is 1. The van der Waals surface area contributed by atoms with Gasteiger partial charge in [0, 0.05) is 18.5 Å². The number of hydrogen-bond acceptors (Lipinski definition) is 4. The van der Waals surface area contributed by atoms with Crippen LogP contribution in [0.1, 0.15) is 69.7 Å². The monoisotopic (exact) mass is 420 g/mol. The fraction of sp³-hybridized carbons (Fsp3) is 0.462. The van der Waals surface area contributed by atoms with Crippen molar-refractivity contribution in [1.82, 2.24) is 4.90 Å². The van der Waals surface area contributed by atoms with Crippen LogP contribution in [0.2, 0.25) is 0 Å². The number of nitriles is 1. The van der Waals surface area contributed by atoms with Gasteiger partial charge in [-0.1, -0.05) is 57.2 Å². The predicted molar refractivity (Wildman–Crippen MR) is 121 cm³/mol. The van der Waals surface area contributed by atoms with E-state index in [0.29, 0.717) is 30.1 Å². The van der Waals surface area contributed by atoms with Crippen LogP contribution in [0.4, 0.5) is 4.79 Å². The van der Waals surface area contributed by atoms with Crippen molar-refractivity contribution < 1.29 is 14.6 Å². The van der Waals surface area contributed by atoms with E-state index in [9.17, 15) is 15.2 Å². The molecule has 1 amide bonds. The molecule has 1 aliphatic rings. The fourth-order valence-corrected chi connectivity index (χ4v) is 4.27. The van der Waals surface area contributed by atoms with Gasteiger partial charge in [0.2, 0.25) is 0 Å². The fourth-order valence-electron chi connectivity index (χ4n) is 4.27. The van der Waals surface area contributed by atoms with Crippen molar-refractivity contribution in [3.63, 3.8) is 0 Å². The van der Waals surface area contributed by atoms with E-state index in [2.05, 4.69) is 19.9 Å². The van der Waals surface area contributed by atoms with Crippen LogP contribution in [-0.4, -0.2) is 34.8 Å². The Labute approximate surface area is 185 Å². The first-order valence-corrected chi connectivity index (χ1v) is 10.7. The van der Waals surface area contributed by atoms with Crippen LogP contribution in [0.25, 0.3) is 0 Å². The SMILES string of the molecule is CC(C)c1ccc([C@](O)(c2cccc(C#N)c2)C2(C)CN(C(=O)OC(C)(C)C)C2)cc1. The van der Waals surface area contributed by atoms with E-state index < -0.39 is 16.6 Å². The minimum atomic E-state index is -1.37. The van der Waals surface area contributed by atoms with Crippen molar-refractivity contribution >= 4 is 6.09 Å². The summed E-state index contributed by atoms with van der Waals surface area (Å²) in [6.07, 6.45) is -0.381. The van der Waals surface area contributed by atoms with Crippen LogP contribution in [0.15, 0.2) is 48.5 Å². The van der Waals surface area contributed by atoms with Crippen LogP contribution in [0, 0.1) is 16.7 Å². The lowest BCUT2D eigenvalue weighted by Gasteiger charge is -2.56. The van der Waals surface area contributed by atoms with Gasteiger partial charge in [-0.2, -0.15) is 5.26 Å². The lowest BCUT2D eigenvalue weighted by Crippen LogP contribution is -2.66. The van der Waals surface area contributed by atoms with Gasteiger partial charge in [-0.3, -0.25) is 0 Å².